The molecule has 0 amide bonds. The van der Waals surface area contributed by atoms with Crippen LogP contribution in [0.3, 0.4) is 0 Å². The first-order valence-electron chi connectivity index (χ1n) is 5.13. The lowest BCUT2D eigenvalue weighted by Crippen LogP contribution is -2.08. The maximum absolute atomic E-state index is 10.3. The number of pyridine rings is 1. The van der Waals surface area contributed by atoms with E-state index in [0.29, 0.717) is 14.2 Å². The van der Waals surface area contributed by atoms with E-state index in [1.54, 1.807) is 12.3 Å². The molecule has 0 saturated heterocycles. The third-order valence-electron chi connectivity index (χ3n) is 2.63. The summed E-state index contributed by atoms with van der Waals surface area (Å²) in [6.07, 6.45) is 1.02. The number of aliphatic hydroxyl groups is 1. The normalized spacial score (nSPS) is 14.6. The lowest BCUT2D eigenvalue weighted by Gasteiger charge is -2.17. The second-order valence-corrected chi connectivity index (χ2v) is 6.05. The maximum Gasteiger partial charge on any atom is 0.100 e. The van der Waals surface area contributed by atoms with E-state index in [-0.39, 0.29) is 5.92 Å². The topological polar surface area (TPSA) is 33.1 Å². The molecule has 0 aromatic carbocycles. The van der Waals surface area contributed by atoms with Crippen LogP contribution in [0.5, 0.6) is 0 Å². The van der Waals surface area contributed by atoms with Gasteiger partial charge in [-0.05, 0) is 18.2 Å². The first-order chi connectivity index (χ1) is 8.09. The molecule has 1 N–H and O–H groups in total. The maximum atomic E-state index is 10.3. The summed E-state index contributed by atoms with van der Waals surface area (Å²) in [5, 5.41) is 10.3. The van der Waals surface area contributed by atoms with Crippen molar-refractivity contribution >= 4 is 34.5 Å². The molecular weight excluding hydrogens is 277 g/mol. The minimum absolute atomic E-state index is 0.126. The number of rotatable bonds is 3. The van der Waals surface area contributed by atoms with Crippen LogP contribution in [0.1, 0.15) is 30.2 Å². The molecule has 0 fully saturated rings. The Balaban J connectivity index is 2.26. The molecule has 2 aromatic heterocycles. The molecule has 0 radical (unpaired) electrons. The van der Waals surface area contributed by atoms with Gasteiger partial charge in [0.2, 0.25) is 0 Å². The molecule has 17 heavy (non-hydrogen) atoms. The van der Waals surface area contributed by atoms with Crippen molar-refractivity contribution in [3.8, 4) is 0 Å². The van der Waals surface area contributed by atoms with Crippen molar-refractivity contribution in [2.45, 2.75) is 18.9 Å². The Morgan fingerprint density at radius 3 is 2.65 bits per heavy atom. The number of nitrogens with zero attached hydrogens (tertiary/aromatic N) is 1. The van der Waals surface area contributed by atoms with E-state index in [1.807, 2.05) is 25.1 Å². The van der Waals surface area contributed by atoms with Gasteiger partial charge < -0.3 is 5.11 Å². The van der Waals surface area contributed by atoms with Crippen LogP contribution in [-0.4, -0.2) is 10.1 Å². The van der Waals surface area contributed by atoms with Crippen molar-refractivity contribution in [3.05, 3.63) is 50.4 Å². The second-order valence-electron chi connectivity index (χ2n) is 3.77. The number of halogens is 2. The number of thiophene rings is 1. The Labute approximate surface area is 114 Å². The highest BCUT2D eigenvalue weighted by atomic mass is 35.5. The van der Waals surface area contributed by atoms with Crippen LogP contribution in [0.15, 0.2) is 30.5 Å². The molecular formula is C12H11Cl2NOS. The molecule has 0 saturated carbocycles. The Morgan fingerprint density at radius 2 is 2.12 bits per heavy atom. The van der Waals surface area contributed by atoms with Crippen LogP contribution < -0.4 is 0 Å². The number of hydrogen-bond acceptors (Lipinski definition) is 3. The van der Waals surface area contributed by atoms with Gasteiger partial charge in [0.05, 0.1) is 10.4 Å². The number of aromatic nitrogens is 1. The SMILES string of the molecule is CC(c1ccccn1)C(O)c1cc(Cl)sc1Cl. The van der Waals surface area contributed by atoms with Crippen LogP contribution in [0.2, 0.25) is 8.67 Å². The van der Waals surface area contributed by atoms with Crippen LogP contribution in [0, 0.1) is 0 Å². The average molecular weight is 288 g/mol. The first kappa shape index (κ1) is 12.8. The molecule has 0 aliphatic carbocycles. The van der Waals surface area contributed by atoms with E-state index >= 15 is 0 Å². The summed E-state index contributed by atoms with van der Waals surface area (Å²) in [5.74, 6) is -0.126. The Hall–Kier alpha value is -0.610. The van der Waals surface area contributed by atoms with Crippen LogP contribution in [0.25, 0.3) is 0 Å². The summed E-state index contributed by atoms with van der Waals surface area (Å²) in [5.41, 5.74) is 1.50. The Morgan fingerprint density at radius 1 is 1.35 bits per heavy atom. The molecule has 2 heterocycles. The van der Waals surface area contributed by atoms with E-state index in [1.165, 1.54) is 11.3 Å². The summed E-state index contributed by atoms with van der Waals surface area (Å²) < 4.78 is 1.11. The number of hydrogen-bond donors (Lipinski definition) is 1. The van der Waals surface area contributed by atoms with Gasteiger partial charge in [0, 0.05) is 23.4 Å². The van der Waals surface area contributed by atoms with E-state index < -0.39 is 6.10 Å². The van der Waals surface area contributed by atoms with Crippen LogP contribution in [-0.2, 0) is 0 Å². The molecule has 90 valence electrons. The first-order valence-corrected chi connectivity index (χ1v) is 6.70. The van der Waals surface area contributed by atoms with Gasteiger partial charge in [0.15, 0.2) is 0 Å². The fourth-order valence-electron chi connectivity index (χ4n) is 1.63. The van der Waals surface area contributed by atoms with Crippen molar-refractivity contribution < 1.29 is 5.11 Å². The van der Waals surface area contributed by atoms with E-state index in [0.717, 1.165) is 5.69 Å². The van der Waals surface area contributed by atoms with Gasteiger partial charge in [-0.15, -0.1) is 11.3 Å². The number of aliphatic hydroxyl groups excluding tert-OH is 1. The zero-order chi connectivity index (χ0) is 12.4. The minimum Gasteiger partial charge on any atom is -0.388 e. The molecule has 0 aliphatic heterocycles. The predicted molar refractivity (Wildman–Crippen MR) is 72.0 cm³/mol. The summed E-state index contributed by atoms with van der Waals surface area (Å²) in [6.45, 7) is 1.91. The molecule has 2 rings (SSSR count). The van der Waals surface area contributed by atoms with Crippen molar-refractivity contribution in [2.24, 2.45) is 0 Å². The fourth-order valence-corrected chi connectivity index (χ4v) is 3.17. The summed E-state index contributed by atoms with van der Waals surface area (Å²) in [7, 11) is 0. The fraction of sp³-hybridized carbons (Fsp3) is 0.250. The molecule has 0 aliphatic rings. The second kappa shape index (κ2) is 5.36. The third kappa shape index (κ3) is 2.80. The van der Waals surface area contributed by atoms with Gasteiger partial charge in [-0.3, -0.25) is 4.98 Å². The average Bonchev–Trinajstić information content (AvgIpc) is 2.68. The van der Waals surface area contributed by atoms with E-state index in [2.05, 4.69) is 4.98 Å². The summed E-state index contributed by atoms with van der Waals surface area (Å²) >= 11 is 13.2. The van der Waals surface area contributed by atoms with Gasteiger partial charge in [-0.2, -0.15) is 0 Å². The molecule has 0 bridgehead atoms. The smallest absolute Gasteiger partial charge is 0.100 e. The standard InChI is InChI=1S/C12H11Cl2NOS/c1-7(9-4-2-3-5-15-9)11(16)8-6-10(13)17-12(8)14/h2-7,11,16H,1H3. The van der Waals surface area contributed by atoms with Crippen LogP contribution >= 0.6 is 34.5 Å². The van der Waals surface area contributed by atoms with Gasteiger partial charge in [0.25, 0.3) is 0 Å². The monoisotopic (exact) mass is 287 g/mol. The van der Waals surface area contributed by atoms with E-state index in [4.69, 9.17) is 23.2 Å². The predicted octanol–water partition coefficient (Wildman–Crippen LogP) is 4.29. The van der Waals surface area contributed by atoms with E-state index in [9.17, 15) is 5.11 Å². The molecule has 2 nitrogen and oxygen atoms in total. The van der Waals surface area contributed by atoms with Gasteiger partial charge in [0.1, 0.15) is 4.34 Å². The van der Waals surface area contributed by atoms with Gasteiger partial charge >= 0.3 is 0 Å². The van der Waals surface area contributed by atoms with Crippen molar-refractivity contribution in [1.29, 1.82) is 0 Å². The van der Waals surface area contributed by atoms with Crippen LogP contribution in [0.4, 0.5) is 0 Å². The molecule has 2 unspecified atom stereocenters. The molecule has 2 aromatic rings. The van der Waals surface area contributed by atoms with Crippen molar-refractivity contribution in [3.63, 3.8) is 0 Å². The quantitative estimate of drug-likeness (QED) is 0.914. The summed E-state index contributed by atoms with van der Waals surface area (Å²) in [6, 6.07) is 7.33. The van der Waals surface area contributed by atoms with Crippen molar-refractivity contribution in [2.75, 3.05) is 0 Å². The largest absolute Gasteiger partial charge is 0.388 e. The van der Waals surface area contributed by atoms with Gasteiger partial charge in [-0.25, -0.2) is 0 Å². The lowest BCUT2D eigenvalue weighted by molar-refractivity contribution is 0.150. The highest BCUT2D eigenvalue weighted by Gasteiger charge is 2.23. The zero-order valence-corrected chi connectivity index (χ0v) is 11.4. The minimum atomic E-state index is -0.693. The molecule has 0 spiro atoms. The summed E-state index contributed by atoms with van der Waals surface area (Å²) in [4.78, 5) is 4.23. The lowest BCUT2D eigenvalue weighted by atomic mass is 9.96. The van der Waals surface area contributed by atoms with Gasteiger partial charge in [-0.1, -0.05) is 36.2 Å². The van der Waals surface area contributed by atoms with Crippen molar-refractivity contribution in [1.82, 2.24) is 4.98 Å². The highest BCUT2D eigenvalue weighted by molar-refractivity contribution is 7.20. The third-order valence-corrected chi connectivity index (χ3v) is 4.15. The highest BCUT2D eigenvalue weighted by Crippen LogP contribution is 2.39. The zero-order valence-electron chi connectivity index (χ0n) is 9.10. The molecule has 2 atom stereocenters. The Kier molecular flexibility index (Phi) is 4.05. The molecule has 5 heteroatoms. The Bertz CT molecular complexity index is 500.